The molecule has 1 saturated heterocycles. The van der Waals surface area contributed by atoms with Crippen LogP contribution in [0.2, 0.25) is 0 Å². The third-order valence-corrected chi connectivity index (χ3v) is 6.82. The molecule has 1 amide bonds. The van der Waals surface area contributed by atoms with Crippen molar-refractivity contribution in [3.8, 4) is 0 Å². The lowest BCUT2D eigenvalue weighted by Crippen LogP contribution is -2.35. The highest BCUT2D eigenvalue weighted by molar-refractivity contribution is 6.61. The van der Waals surface area contributed by atoms with E-state index in [2.05, 4.69) is 33.5 Å². The van der Waals surface area contributed by atoms with Crippen LogP contribution in [-0.2, 0) is 7.05 Å². The van der Waals surface area contributed by atoms with Crippen LogP contribution in [0.3, 0.4) is 0 Å². The molecule has 168 valence electrons. The maximum atomic E-state index is 12.1. The van der Waals surface area contributed by atoms with Gasteiger partial charge in [0.2, 0.25) is 0 Å². The number of fused-ring (bicyclic) bond motifs is 1. The van der Waals surface area contributed by atoms with Gasteiger partial charge in [0.25, 0.3) is 5.91 Å². The van der Waals surface area contributed by atoms with Gasteiger partial charge >= 0.3 is 7.12 Å². The summed E-state index contributed by atoms with van der Waals surface area (Å²) >= 11 is 0. The molecule has 32 heavy (non-hydrogen) atoms. The summed E-state index contributed by atoms with van der Waals surface area (Å²) in [5, 5.41) is 20.2. The average molecular weight is 434 g/mol. The van der Waals surface area contributed by atoms with E-state index in [9.17, 15) is 14.8 Å². The summed E-state index contributed by atoms with van der Waals surface area (Å²) < 4.78 is 2.05. The van der Waals surface area contributed by atoms with Gasteiger partial charge in [-0.3, -0.25) is 9.69 Å². The Bertz CT molecular complexity index is 1100. The first-order valence-corrected chi connectivity index (χ1v) is 11.1. The molecule has 2 aromatic heterocycles. The van der Waals surface area contributed by atoms with Crippen LogP contribution in [0.25, 0.3) is 11.0 Å². The Balaban J connectivity index is 1.46. The molecule has 0 saturated carbocycles. The van der Waals surface area contributed by atoms with Gasteiger partial charge in [-0.1, -0.05) is 12.1 Å². The molecule has 1 aromatic carbocycles. The van der Waals surface area contributed by atoms with E-state index in [0.29, 0.717) is 11.4 Å². The highest BCUT2D eigenvalue weighted by atomic mass is 16.4. The molecule has 1 atom stereocenters. The molecule has 8 heteroatoms. The first kappa shape index (κ1) is 22.5. The second-order valence-electron chi connectivity index (χ2n) is 8.95. The smallest absolute Gasteiger partial charge is 0.423 e. The molecular formula is C24H31BN4O3. The van der Waals surface area contributed by atoms with Crippen molar-refractivity contribution >= 4 is 29.5 Å². The quantitative estimate of drug-likeness (QED) is 0.600. The number of aryl methyl sites for hydroxylation is 1. The molecular weight excluding hydrogens is 403 g/mol. The van der Waals surface area contributed by atoms with Crippen molar-refractivity contribution in [2.75, 3.05) is 27.2 Å². The summed E-state index contributed by atoms with van der Waals surface area (Å²) in [4.78, 5) is 20.6. The van der Waals surface area contributed by atoms with Gasteiger partial charge in [-0.25, -0.2) is 4.98 Å². The molecule has 7 nitrogen and oxygen atoms in total. The van der Waals surface area contributed by atoms with Gasteiger partial charge in [-0.05, 0) is 74.1 Å². The average Bonchev–Trinajstić information content (AvgIpc) is 3.14. The second kappa shape index (κ2) is 9.06. The van der Waals surface area contributed by atoms with Gasteiger partial charge in [-0.2, -0.15) is 0 Å². The van der Waals surface area contributed by atoms with Crippen LogP contribution in [0, 0.1) is 0 Å². The van der Waals surface area contributed by atoms with E-state index in [0.717, 1.165) is 48.2 Å². The zero-order valence-corrected chi connectivity index (χ0v) is 19.2. The van der Waals surface area contributed by atoms with Gasteiger partial charge < -0.3 is 19.5 Å². The Morgan fingerprint density at radius 3 is 2.41 bits per heavy atom. The topological polar surface area (TPSA) is 81.8 Å². The van der Waals surface area contributed by atoms with Crippen molar-refractivity contribution < 1.29 is 14.8 Å². The Hall–Kier alpha value is -2.68. The molecule has 1 aliphatic heterocycles. The summed E-state index contributed by atoms with van der Waals surface area (Å²) in [6.07, 6.45) is 3.75. The van der Waals surface area contributed by atoms with E-state index in [1.54, 1.807) is 31.3 Å². The minimum Gasteiger partial charge on any atom is -0.423 e. The van der Waals surface area contributed by atoms with Crippen LogP contribution in [0.1, 0.15) is 53.3 Å². The molecule has 4 rings (SSSR count). The van der Waals surface area contributed by atoms with Gasteiger partial charge in [0.1, 0.15) is 5.65 Å². The number of carbonyl (C=O) groups is 1. The van der Waals surface area contributed by atoms with Crippen LogP contribution < -0.4 is 5.46 Å². The molecule has 1 aliphatic rings. The normalized spacial score (nSPS) is 16.3. The lowest BCUT2D eigenvalue weighted by atomic mass is 9.79. The molecule has 0 aliphatic carbocycles. The predicted octanol–water partition coefficient (Wildman–Crippen LogP) is 1.90. The number of nitrogens with zero attached hydrogens (tertiary/aromatic N) is 4. The van der Waals surface area contributed by atoms with Gasteiger partial charge in [0.05, 0.1) is 0 Å². The molecule has 0 radical (unpaired) electrons. The summed E-state index contributed by atoms with van der Waals surface area (Å²) in [6, 6.07) is 11.9. The van der Waals surface area contributed by atoms with Crippen LogP contribution in [0.4, 0.5) is 0 Å². The van der Waals surface area contributed by atoms with Crippen molar-refractivity contribution in [2.45, 2.75) is 31.7 Å². The van der Waals surface area contributed by atoms with Crippen molar-refractivity contribution in [1.82, 2.24) is 19.4 Å². The number of rotatable bonds is 5. The number of aromatic nitrogens is 2. The molecule has 0 spiro atoms. The molecule has 3 heterocycles. The largest absolute Gasteiger partial charge is 0.489 e. The summed E-state index contributed by atoms with van der Waals surface area (Å²) in [5.74, 6) is 0.522. The second-order valence-corrected chi connectivity index (χ2v) is 8.95. The van der Waals surface area contributed by atoms with E-state index in [-0.39, 0.29) is 11.9 Å². The molecule has 1 fully saturated rings. The Morgan fingerprint density at radius 2 is 1.81 bits per heavy atom. The highest BCUT2D eigenvalue weighted by Crippen LogP contribution is 2.33. The molecule has 1 unspecified atom stereocenters. The van der Waals surface area contributed by atoms with Crippen LogP contribution in [0.15, 0.2) is 42.6 Å². The number of benzene rings is 1. The molecule has 0 bridgehead atoms. The van der Waals surface area contributed by atoms with Crippen molar-refractivity contribution in [3.05, 3.63) is 59.4 Å². The number of pyridine rings is 1. The lowest BCUT2D eigenvalue weighted by Gasteiger charge is -2.36. The van der Waals surface area contributed by atoms with Crippen LogP contribution >= 0.6 is 0 Å². The number of piperidine rings is 1. The first-order valence-electron chi connectivity index (χ1n) is 11.1. The molecule has 2 N–H and O–H groups in total. The monoisotopic (exact) mass is 434 g/mol. The summed E-state index contributed by atoms with van der Waals surface area (Å²) in [6.45, 7) is 4.16. The zero-order valence-electron chi connectivity index (χ0n) is 19.2. The summed E-state index contributed by atoms with van der Waals surface area (Å²) in [5.41, 5.74) is 4.38. The van der Waals surface area contributed by atoms with E-state index in [1.165, 1.54) is 5.56 Å². The fourth-order valence-corrected chi connectivity index (χ4v) is 4.85. The fraction of sp³-hybridized carbons (Fsp3) is 0.417. The number of likely N-dealkylation sites (tertiary alicyclic amines) is 1. The van der Waals surface area contributed by atoms with E-state index in [4.69, 9.17) is 0 Å². The van der Waals surface area contributed by atoms with Crippen LogP contribution in [0.5, 0.6) is 0 Å². The predicted molar refractivity (Wildman–Crippen MR) is 127 cm³/mol. The van der Waals surface area contributed by atoms with E-state index >= 15 is 0 Å². The van der Waals surface area contributed by atoms with Crippen molar-refractivity contribution in [1.29, 1.82) is 0 Å². The van der Waals surface area contributed by atoms with Crippen molar-refractivity contribution in [3.63, 3.8) is 0 Å². The van der Waals surface area contributed by atoms with Gasteiger partial charge in [0, 0.05) is 50.0 Å². The Labute approximate surface area is 189 Å². The number of hydrogen-bond donors (Lipinski definition) is 2. The van der Waals surface area contributed by atoms with Crippen molar-refractivity contribution in [2.24, 2.45) is 7.05 Å². The maximum Gasteiger partial charge on any atom is 0.489 e. The van der Waals surface area contributed by atoms with Gasteiger partial charge in [-0.15, -0.1) is 0 Å². The standard InChI is InChI=1S/C24H31BN4O3/c1-16(22-15-20-21(25(31)32)9-12-26-23(20)28(22)4)29-13-10-18(11-14-29)17-5-7-19(8-6-17)24(30)27(2)3/h5-9,12,15-16,18,31-32H,10-11,13-14H2,1-4H3. The zero-order chi connectivity index (χ0) is 23.0. The number of carbonyl (C=O) groups excluding carboxylic acids is 1. The SMILES string of the molecule is CC(c1cc2c(B(O)O)ccnc2n1C)N1CCC(c2ccc(C(=O)N(C)C)cc2)CC1. The molecule has 3 aromatic rings. The first-order chi connectivity index (χ1) is 15.3. The van der Waals surface area contributed by atoms with E-state index < -0.39 is 7.12 Å². The Morgan fingerprint density at radius 1 is 1.16 bits per heavy atom. The third kappa shape index (κ3) is 4.18. The van der Waals surface area contributed by atoms with Gasteiger partial charge in [0.15, 0.2) is 0 Å². The summed E-state index contributed by atoms with van der Waals surface area (Å²) in [7, 11) is 4.01. The van der Waals surface area contributed by atoms with Crippen LogP contribution in [-0.4, -0.2) is 69.6 Å². The minimum atomic E-state index is -1.51. The highest BCUT2D eigenvalue weighted by Gasteiger charge is 2.27. The number of hydrogen-bond acceptors (Lipinski definition) is 5. The van der Waals surface area contributed by atoms with E-state index in [1.807, 2.05) is 25.2 Å². The third-order valence-electron chi connectivity index (χ3n) is 6.82. The Kier molecular flexibility index (Phi) is 6.37. The lowest BCUT2D eigenvalue weighted by molar-refractivity contribution is 0.0827. The number of amides is 1. The minimum absolute atomic E-state index is 0.0292. The maximum absolute atomic E-state index is 12.1. The fourth-order valence-electron chi connectivity index (χ4n) is 4.85.